The van der Waals surface area contributed by atoms with Crippen molar-refractivity contribution < 1.29 is 4.79 Å². The first-order valence-electron chi connectivity index (χ1n) is 8.18. The van der Waals surface area contributed by atoms with Gasteiger partial charge in [-0.2, -0.15) is 0 Å². The molecule has 0 saturated heterocycles. The minimum Gasteiger partial charge on any atom is -0.322 e. The van der Waals surface area contributed by atoms with Crippen LogP contribution in [0.2, 0.25) is 10.0 Å². The normalized spacial score (nSPS) is 10.7. The van der Waals surface area contributed by atoms with Gasteiger partial charge in [0.25, 0.3) is 5.91 Å². The molecular formula is C21H13Cl2N3O. The van der Waals surface area contributed by atoms with Gasteiger partial charge in [0.1, 0.15) is 0 Å². The van der Waals surface area contributed by atoms with Crippen LogP contribution in [-0.2, 0) is 0 Å². The summed E-state index contributed by atoms with van der Waals surface area (Å²) in [6.07, 6.45) is 3.39. The largest absolute Gasteiger partial charge is 0.322 e. The number of anilines is 1. The summed E-state index contributed by atoms with van der Waals surface area (Å²) in [5, 5.41) is 4.46. The third-order valence-electron chi connectivity index (χ3n) is 4.11. The third kappa shape index (κ3) is 3.63. The van der Waals surface area contributed by atoms with Crippen LogP contribution in [0.3, 0.4) is 0 Å². The van der Waals surface area contributed by atoms with Gasteiger partial charge < -0.3 is 5.32 Å². The number of carbonyl (C=O) groups excluding carboxylic acids is 1. The molecule has 132 valence electrons. The fourth-order valence-electron chi connectivity index (χ4n) is 2.81. The molecule has 0 atom stereocenters. The van der Waals surface area contributed by atoms with E-state index in [1.165, 1.54) is 0 Å². The molecule has 0 aliphatic heterocycles. The lowest BCUT2D eigenvalue weighted by Crippen LogP contribution is -2.13. The molecule has 4 rings (SSSR count). The molecule has 1 amide bonds. The number of amides is 1. The van der Waals surface area contributed by atoms with Crippen molar-refractivity contribution in [3.63, 3.8) is 0 Å². The molecule has 2 aromatic heterocycles. The van der Waals surface area contributed by atoms with Crippen molar-refractivity contribution in [2.45, 2.75) is 0 Å². The van der Waals surface area contributed by atoms with Crippen LogP contribution in [0.1, 0.15) is 10.4 Å². The SMILES string of the molecule is O=C(Nc1ccc(Cl)c(Cl)c1)c1cc(-c2ccncc2)nc2ccccc12. The van der Waals surface area contributed by atoms with E-state index >= 15 is 0 Å². The lowest BCUT2D eigenvalue weighted by Gasteiger charge is -2.11. The quantitative estimate of drug-likeness (QED) is 0.474. The van der Waals surface area contributed by atoms with Crippen molar-refractivity contribution in [1.82, 2.24) is 9.97 Å². The van der Waals surface area contributed by atoms with Crippen LogP contribution in [-0.4, -0.2) is 15.9 Å². The lowest BCUT2D eigenvalue weighted by molar-refractivity contribution is 0.102. The second kappa shape index (κ2) is 7.35. The molecule has 4 aromatic rings. The number of benzene rings is 2. The number of rotatable bonds is 3. The molecule has 2 heterocycles. The van der Waals surface area contributed by atoms with Crippen LogP contribution in [0.4, 0.5) is 5.69 Å². The highest BCUT2D eigenvalue weighted by Gasteiger charge is 2.14. The zero-order valence-electron chi connectivity index (χ0n) is 14.0. The maximum atomic E-state index is 13.0. The van der Waals surface area contributed by atoms with Gasteiger partial charge in [-0.3, -0.25) is 9.78 Å². The molecule has 0 aliphatic rings. The van der Waals surface area contributed by atoms with Gasteiger partial charge in [-0.1, -0.05) is 41.4 Å². The van der Waals surface area contributed by atoms with Gasteiger partial charge >= 0.3 is 0 Å². The Balaban J connectivity index is 1.79. The molecule has 0 saturated carbocycles. The molecule has 0 spiro atoms. The van der Waals surface area contributed by atoms with Crippen LogP contribution in [0.25, 0.3) is 22.2 Å². The van der Waals surface area contributed by atoms with Crippen LogP contribution >= 0.6 is 23.2 Å². The maximum Gasteiger partial charge on any atom is 0.256 e. The third-order valence-corrected chi connectivity index (χ3v) is 4.85. The fraction of sp³-hybridized carbons (Fsp3) is 0. The number of hydrogen-bond acceptors (Lipinski definition) is 3. The maximum absolute atomic E-state index is 13.0. The Labute approximate surface area is 165 Å². The minimum absolute atomic E-state index is 0.248. The number of para-hydroxylation sites is 1. The van der Waals surface area contributed by atoms with Gasteiger partial charge in [0, 0.05) is 29.0 Å². The summed E-state index contributed by atoms with van der Waals surface area (Å²) < 4.78 is 0. The van der Waals surface area contributed by atoms with E-state index in [1.807, 2.05) is 36.4 Å². The fourth-order valence-corrected chi connectivity index (χ4v) is 3.10. The summed E-state index contributed by atoms with van der Waals surface area (Å²) in [4.78, 5) is 21.7. The highest BCUT2D eigenvalue weighted by Crippen LogP contribution is 2.27. The van der Waals surface area contributed by atoms with E-state index in [0.717, 1.165) is 16.5 Å². The predicted molar refractivity (Wildman–Crippen MR) is 109 cm³/mol. The molecule has 2 aromatic carbocycles. The average molecular weight is 394 g/mol. The Bertz CT molecular complexity index is 1150. The number of nitrogens with one attached hydrogen (secondary N) is 1. The Hall–Kier alpha value is -2.95. The van der Waals surface area contributed by atoms with Gasteiger partial charge in [0.2, 0.25) is 0 Å². The summed E-state index contributed by atoms with van der Waals surface area (Å²) >= 11 is 12.0. The van der Waals surface area contributed by atoms with E-state index in [2.05, 4.69) is 15.3 Å². The monoisotopic (exact) mass is 393 g/mol. The van der Waals surface area contributed by atoms with E-state index in [9.17, 15) is 4.79 Å². The second-order valence-corrected chi connectivity index (χ2v) is 6.71. The van der Waals surface area contributed by atoms with Crippen molar-refractivity contribution in [2.24, 2.45) is 0 Å². The Morgan fingerprint density at radius 2 is 1.67 bits per heavy atom. The smallest absolute Gasteiger partial charge is 0.256 e. The van der Waals surface area contributed by atoms with Crippen LogP contribution in [0, 0.1) is 0 Å². The van der Waals surface area contributed by atoms with Crippen LogP contribution in [0.15, 0.2) is 73.1 Å². The number of hydrogen-bond donors (Lipinski definition) is 1. The van der Waals surface area contributed by atoms with Gasteiger partial charge in [-0.05, 0) is 42.5 Å². The molecule has 4 nitrogen and oxygen atoms in total. The van der Waals surface area contributed by atoms with E-state index in [0.29, 0.717) is 27.0 Å². The van der Waals surface area contributed by atoms with Gasteiger partial charge in [-0.15, -0.1) is 0 Å². The van der Waals surface area contributed by atoms with E-state index in [-0.39, 0.29) is 5.91 Å². The van der Waals surface area contributed by atoms with Gasteiger partial charge in [0.05, 0.1) is 26.8 Å². The second-order valence-electron chi connectivity index (χ2n) is 5.89. The average Bonchev–Trinajstić information content (AvgIpc) is 2.70. The number of carbonyl (C=O) groups is 1. The van der Waals surface area contributed by atoms with E-state index < -0.39 is 0 Å². The number of fused-ring (bicyclic) bond motifs is 1. The summed E-state index contributed by atoms with van der Waals surface area (Å²) in [6, 6.07) is 18.0. The molecular weight excluding hydrogens is 381 g/mol. The number of halogens is 2. The molecule has 0 radical (unpaired) electrons. The molecule has 27 heavy (non-hydrogen) atoms. The van der Waals surface area contributed by atoms with Crippen LogP contribution in [0.5, 0.6) is 0 Å². The Kier molecular flexibility index (Phi) is 4.75. The standard InChI is InChI=1S/C21H13Cl2N3O/c22-17-6-5-14(11-18(17)23)25-21(27)16-12-20(13-7-9-24-10-8-13)26-19-4-2-1-3-15(16)19/h1-12H,(H,25,27). The van der Waals surface area contributed by atoms with Crippen molar-refractivity contribution in [3.8, 4) is 11.3 Å². The first-order valence-corrected chi connectivity index (χ1v) is 8.94. The summed E-state index contributed by atoms with van der Waals surface area (Å²) in [6.45, 7) is 0. The van der Waals surface area contributed by atoms with E-state index in [1.54, 1.807) is 36.7 Å². The van der Waals surface area contributed by atoms with Crippen molar-refractivity contribution in [1.29, 1.82) is 0 Å². The molecule has 0 aliphatic carbocycles. The summed E-state index contributed by atoms with van der Waals surface area (Å²) in [5.41, 5.74) is 3.43. The van der Waals surface area contributed by atoms with Crippen LogP contribution < -0.4 is 5.32 Å². The highest BCUT2D eigenvalue weighted by molar-refractivity contribution is 6.42. The topological polar surface area (TPSA) is 54.9 Å². The number of aromatic nitrogens is 2. The van der Waals surface area contributed by atoms with Crippen molar-refractivity contribution in [2.75, 3.05) is 5.32 Å². The molecule has 0 unspecified atom stereocenters. The van der Waals surface area contributed by atoms with Crippen molar-refractivity contribution in [3.05, 3.63) is 88.7 Å². The number of pyridine rings is 2. The van der Waals surface area contributed by atoms with Gasteiger partial charge in [-0.25, -0.2) is 4.98 Å². The zero-order valence-corrected chi connectivity index (χ0v) is 15.5. The predicted octanol–water partition coefficient (Wildman–Crippen LogP) is 5.86. The van der Waals surface area contributed by atoms with Gasteiger partial charge in [0.15, 0.2) is 0 Å². The molecule has 6 heteroatoms. The molecule has 0 bridgehead atoms. The molecule has 0 fully saturated rings. The Morgan fingerprint density at radius 1 is 0.889 bits per heavy atom. The zero-order chi connectivity index (χ0) is 18.8. The Morgan fingerprint density at radius 3 is 2.44 bits per heavy atom. The number of nitrogens with zero attached hydrogens (tertiary/aromatic N) is 2. The van der Waals surface area contributed by atoms with Crippen molar-refractivity contribution >= 4 is 45.7 Å². The summed E-state index contributed by atoms with van der Waals surface area (Å²) in [5.74, 6) is -0.248. The minimum atomic E-state index is -0.248. The van der Waals surface area contributed by atoms with E-state index in [4.69, 9.17) is 23.2 Å². The highest BCUT2D eigenvalue weighted by atomic mass is 35.5. The first-order chi connectivity index (χ1) is 13.1. The molecule has 1 N–H and O–H groups in total. The lowest BCUT2D eigenvalue weighted by atomic mass is 10.0. The first kappa shape index (κ1) is 17.5. The summed E-state index contributed by atoms with van der Waals surface area (Å²) in [7, 11) is 0.